The maximum atomic E-state index is 11.4. The second kappa shape index (κ2) is 4.95. The van der Waals surface area contributed by atoms with E-state index in [1.165, 1.54) is 0 Å². The molecule has 2 rings (SSSR count). The van der Waals surface area contributed by atoms with Crippen LogP contribution in [0.4, 0.5) is 4.79 Å². The van der Waals surface area contributed by atoms with Gasteiger partial charge in [0.1, 0.15) is 0 Å². The number of amides is 2. The minimum Gasteiger partial charge on any atom is -0.408 e. The van der Waals surface area contributed by atoms with Crippen LogP contribution in [-0.4, -0.2) is 17.1 Å². The molecule has 0 fully saturated rings. The Kier molecular flexibility index (Phi) is 3.36. The zero-order valence-electron chi connectivity index (χ0n) is 10.2. The maximum Gasteiger partial charge on any atom is 0.417 e. The van der Waals surface area contributed by atoms with Gasteiger partial charge in [-0.2, -0.15) is 0 Å². The summed E-state index contributed by atoms with van der Waals surface area (Å²) in [5, 5.41) is 5.45. The molecule has 0 unspecified atom stereocenters. The number of carbonyl (C=O) groups is 1. The summed E-state index contributed by atoms with van der Waals surface area (Å²) in [4.78, 5) is 24.9. The van der Waals surface area contributed by atoms with Crippen LogP contribution in [0.3, 0.4) is 0 Å². The molecule has 0 aliphatic carbocycles. The van der Waals surface area contributed by atoms with Gasteiger partial charge in [-0.3, -0.25) is 4.98 Å². The average molecular weight is 249 g/mol. The molecule has 18 heavy (non-hydrogen) atoms. The van der Waals surface area contributed by atoms with Crippen LogP contribution < -0.4 is 16.4 Å². The van der Waals surface area contributed by atoms with Crippen LogP contribution in [0.25, 0.3) is 11.1 Å². The first-order chi connectivity index (χ1) is 8.54. The molecule has 2 aromatic rings. The van der Waals surface area contributed by atoms with Crippen LogP contribution >= 0.6 is 0 Å². The lowest BCUT2D eigenvalue weighted by molar-refractivity contribution is 0.238. The van der Waals surface area contributed by atoms with Crippen LogP contribution in [0.2, 0.25) is 0 Å². The molecule has 0 radical (unpaired) electrons. The van der Waals surface area contributed by atoms with E-state index in [9.17, 15) is 9.59 Å². The molecule has 6 heteroatoms. The van der Waals surface area contributed by atoms with E-state index in [1.807, 2.05) is 19.9 Å². The van der Waals surface area contributed by atoms with Crippen LogP contribution in [0, 0.1) is 0 Å². The number of rotatable bonds is 3. The van der Waals surface area contributed by atoms with Gasteiger partial charge in [-0.05, 0) is 31.5 Å². The van der Waals surface area contributed by atoms with Gasteiger partial charge >= 0.3 is 11.8 Å². The zero-order chi connectivity index (χ0) is 13.1. The Labute approximate surface area is 103 Å². The van der Waals surface area contributed by atoms with Crippen molar-refractivity contribution in [2.24, 2.45) is 0 Å². The Morgan fingerprint density at radius 1 is 1.44 bits per heavy atom. The minimum absolute atomic E-state index is 0.0928. The topological polar surface area (TPSA) is 87.1 Å². The fourth-order valence-electron chi connectivity index (χ4n) is 1.60. The molecule has 0 aliphatic heterocycles. The predicted octanol–water partition coefficient (Wildman–Crippen LogP) is 1.33. The number of carbonyl (C=O) groups excluding carboxylic acids is 1. The first-order valence-electron chi connectivity index (χ1n) is 5.71. The molecule has 0 bridgehead atoms. The van der Waals surface area contributed by atoms with Crippen LogP contribution in [0.5, 0.6) is 0 Å². The summed E-state index contributed by atoms with van der Waals surface area (Å²) in [6.07, 6.45) is 0. The van der Waals surface area contributed by atoms with E-state index in [1.54, 1.807) is 12.1 Å². The lowest BCUT2D eigenvalue weighted by Crippen LogP contribution is -2.39. The summed E-state index contributed by atoms with van der Waals surface area (Å²) in [6.45, 7) is 4.16. The monoisotopic (exact) mass is 249 g/mol. The number of hydrogen-bond acceptors (Lipinski definition) is 3. The fourth-order valence-corrected chi connectivity index (χ4v) is 1.60. The van der Waals surface area contributed by atoms with Crippen molar-refractivity contribution in [1.82, 2.24) is 15.6 Å². The largest absolute Gasteiger partial charge is 0.417 e. The average Bonchev–Trinajstić information content (AvgIpc) is 2.64. The van der Waals surface area contributed by atoms with Crippen molar-refractivity contribution in [2.75, 3.05) is 0 Å². The molecule has 0 atom stereocenters. The van der Waals surface area contributed by atoms with Crippen molar-refractivity contribution in [2.45, 2.75) is 26.4 Å². The van der Waals surface area contributed by atoms with E-state index in [0.29, 0.717) is 17.6 Å². The van der Waals surface area contributed by atoms with Gasteiger partial charge in [0.15, 0.2) is 5.58 Å². The Morgan fingerprint density at radius 3 is 2.94 bits per heavy atom. The molecule has 0 saturated carbocycles. The molecule has 1 aromatic heterocycles. The van der Waals surface area contributed by atoms with Crippen molar-refractivity contribution in [3.8, 4) is 0 Å². The van der Waals surface area contributed by atoms with Crippen LogP contribution in [0.15, 0.2) is 27.4 Å². The Morgan fingerprint density at radius 2 is 2.22 bits per heavy atom. The molecule has 2 amide bonds. The van der Waals surface area contributed by atoms with E-state index in [0.717, 1.165) is 5.56 Å². The van der Waals surface area contributed by atoms with Gasteiger partial charge in [0.2, 0.25) is 0 Å². The van der Waals surface area contributed by atoms with Crippen molar-refractivity contribution in [1.29, 1.82) is 0 Å². The summed E-state index contributed by atoms with van der Waals surface area (Å²) in [5.41, 5.74) is 2.00. The number of aromatic amines is 1. The Hall–Kier alpha value is -2.24. The SMILES string of the molecule is CC(C)NC(=O)NCc1ccc2[nH]c(=O)oc2c1. The highest BCUT2D eigenvalue weighted by Crippen LogP contribution is 2.11. The van der Waals surface area contributed by atoms with Gasteiger partial charge in [-0.1, -0.05) is 6.07 Å². The summed E-state index contributed by atoms with van der Waals surface area (Å²) in [7, 11) is 0. The normalized spacial score (nSPS) is 10.8. The van der Waals surface area contributed by atoms with E-state index in [4.69, 9.17) is 4.42 Å². The number of hydrogen-bond donors (Lipinski definition) is 3. The number of H-pyrrole nitrogens is 1. The molecule has 1 heterocycles. The van der Waals surface area contributed by atoms with Gasteiger partial charge in [-0.25, -0.2) is 9.59 Å². The summed E-state index contributed by atoms with van der Waals surface area (Å²) in [6, 6.07) is 5.17. The van der Waals surface area contributed by atoms with Crippen molar-refractivity contribution in [3.05, 3.63) is 34.3 Å². The third-order valence-electron chi connectivity index (χ3n) is 2.36. The summed E-state index contributed by atoms with van der Waals surface area (Å²) >= 11 is 0. The number of aromatic nitrogens is 1. The molecule has 96 valence electrons. The molecular formula is C12H15N3O3. The molecule has 0 spiro atoms. The van der Waals surface area contributed by atoms with Gasteiger partial charge < -0.3 is 15.1 Å². The number of benzene rings is 1. The van der Waals surface area contributed by atoms with Crippen molar-refractivity contribution >= 4 is 17.1 Å². The summed E-state index contributed by atoms with van der Waals surface area (Å²) < 4.78 is 4.94. The second-order valence-corrected chi connectivity index (χ2v) is 4.33. The smallest absolute Gasteiger partial charge is 0.408 e. The lowest BCUT2D eigenvalue weighted by Gasteiger charge is -2.09. The van der Waals surface area contributed by atoms with E-state index in [2.05, 4.69) is 15.6 Å². The minimum atomic E-state index is -0.479. The number of fused-ring (bicyclic) bond motifs is 1. The molecule has 0 saturated heterocycles. The third-order valence-corrected chi connectivity index (χ3v) is 2.36. The fraction of sp³-hybridized carbons (Fsp3) is 0.333. The first kappa shape index (κ1) is 12.2. The quantitative estimate of drug-likeness (QED) is 0.766. The summed E-state index contributed by atoms with van der Waals surface area (Å²) in [5.74, 6) is -0.479. The van der Waals surface area contributed by atoms with Gasteiger partial charge in [0.25, 0.3) is 0 Å². The molecule has 6 nitrogen and oxygen atoms in total. The number of urea groups is 1. The van der Waals surface area contributed by atoms with Crippen LogP contribution in [-0.2, 0) is 6.54 Å². The highest BCUT2D eigenvalue weighted by Gasteiger charge is 2.04. The highest BCUT2D eigenvalue weighted by atomic mass is 16.4. The highest BCUT2D eigenvalue weighted by molar-refractivity contribution is 5.75. The van der Waals surface area contributed by atoms with E-state index < -0.39 is 5.76 Å². The Balaban J connectivity index is 2.03. The van der Waals surface area contributed by atoms with Gasteiger partial charge in [0.05, 0.1) is 5.52 Å². The lowest BCUT2D eigenvalue weighted by atomic mass is 10.2. The number of nitrogens with one attached hydrogen (secondary N) is 3. The van der Waals surface area contributed by atoms with E-state index >= 15 is 0 Å². The van der Waals surface area contributed by atoms with Crippen LogP contribution in [0.1, 0.15) is 19.4 Å². The first-order valence-corrected chi connectivity index (χ1v) is 5.71. The number of oxazole rings is 1. The molecule has 0 aliphatic rings. The maximum absolute atomic E-state index is 11.4. The molecule has 1 aromatic carbocycles. The second-order valence-electron chi connectivity index (χ2n) is 4.33. The standard InChI is InChI=1S/C12H15N3O3/c1-7(2)14-11(16)13-6-8-3-4-9-10(5-8)18-12(17)15-9/h3-5,7H,6H2,1-2H3,(H,15,17)(H2,13,14,16). The van der Waals surface area contributed by atoms with Gasteiger partial charge in [0, 0.05) is 12.6 Å². The zero-order valence-corrected chi connectivity index (χ0v) is 10.2. The Bertz CT molecular complexity index is 612. The predicted molar refractivity (Wildman–Crippen MR) is 67.3 cm³/mol. The van der Waals surface area contributed by atoms with Crippen molar-refractivity contribution < 1.29 is 9.21 Å². The third kappa shape index (κ3) is 2.91. The van der Waals surface area contributed by atoms with Crippen molar-refractivity contribution in [3.63, 3.8) is 0 Å². The molecule has 3 N–H and O–H groups in total. The van der Waals surface area contributed by atoms with Gasteiger partial charge in [-0.15, -0.1) is 0 Å². The molecular weight excluding hydrogens is 234 g/mol. The van der Waals surface area contributed by atoms with E-state index in [-0.39, 0.29) is 12.1 Å².